The van der Waals surface area contributed by atoms with E-state index < -0.39 is 0 Å². The molecule has 2 heterocycles. The Morgan fingerprint density at radius 1 is 1.26 bits per heavy atom. The molecule has 1 N–H and O–H groups in total. The molecule has 0 fully saturated rings. The molecule has 0 saturated carbocycles. The van der Waals surface area contributed by atoms with Gasteiger partial charge in [-0.15, -0.1) is 0 Å². The molecule has 4 nitrogen and oxygen atoms in total. The summed E-state index contributed by atoms with van der Waals surface area (Å²) in [5.74, 6) is 1.38. The summed E-state index contributed by atoms with van der Waals surface area (Å²) in [5, 5.41) is 3.28. The predicted molar refractivity (Wildman–Crippen MR) is 75.4 cm³/mol. The van der Waals surface area contributed by atoms with Crippen LogP contribution in [0.2, 0.25) is 0 Å². The zero-order valence-electron chi connectivity index (χ0n) is 11.6. The predicted octanol–water partition coefficient (Wildman–Crippen LogP) is 3.00. The number of hydrogen-bond acceptors (Lipinski definition) is 4. The normalized spacial score (nSPS) is 10.5. The van der Waals surface area contributed by atoms with Crippen molar-refractivity contribution in [2.24, 2.45) is 0 Å². The summed E-state index contributed by atoms with van der Waals surface area (Å²) >= 11 is 0. The van der Waals surface area contributed by atoms with E-state index >= 15 is 0 Å². The van der Waals surface area contributed by atoms with Crippen LogP contribution in [-0.2, 0) is 6.54 Å². The summed E-state index contributed by atoms with van der Waals surface area (Å²) in [5.41, 5.74) is 3.05. The maximum atomic E-state index is 5.81. The van der Waals surface area contributed by atoms with Gasteiger partial charge in [-0.25, -0.2) is 4.98 Å². The van der Waals surface area contributed by atoms with Crippen LogP contribution in [0.25, 0.3) is 0 Å². The number of ether oxygens (including phenoxy) is 1. The third kappa shape index (κ3) is 3.51. The first-order chi connectivity index (χ1) is 9.20. The van der Waals surface area contributed by atoms with Crippen molar-refractivity contribution in [1.29, 1.82) is 0 Å². The van der Waals surface area contributed by atoms with Crippen molar-refractivity contribution in [3.63, 3.8) is 0 Å². The Kier molecular flexibility index (Phi) is 4.47. The van der Waals surface area contributed by atoms with E-state index in [1.165, 1.54) is 0 Å². The van der Waals surface area contributed by atoms with Gasteiger partial charge in [0.2, 0.25) is 5.88 Å². The molecule has 0 aliphatic carbocycles. The maximum Gasteiger partial charge on any atom is 0.222 e. The second kappa shape index (κ2) is 6.29. The molecule has 0 radical (unpaired) electrons. The Hall–Kier alpha value is -1.94. The average Bonchev–Trinajstić information content (AvgIpc) is 2.41. The van der Waals surface area contributed by atoms with Gasteiger partial charge in [-0.3, -0.25) is 4.98 Å². The molecule has 2 rings (SSSR count). The van der Waals surface area contributed by atoms with Crippen molar-refractivity contribution in [2.45, 2.75) is 27.3 Å². The van der Waals surface area contributed by atoms with Gasteiger partial charge in [-0.2, -0.15) is 0 Å². The Bertz CT molecular complexity index is 555. The monoisotopic (exact) mass is 257 g/mol. The molecular formula is C15H19N3O. The third-order valence-corrected chi connectivity index (χ3v) is 2.83. The second-order valence-corrected chi connectivity index (χ2v) is 4.43. The summed E-state index contributed by atoms with van der Waals surface area (Å²) in [6.07, 6.45) is 3.60. The van der Waals surface area contributed by atoms with Gasteiger partial charge >= 0.3 is 0 Å². The fraction of sp³-hybridized carbons (Fsp3) is 0.333. The van der Waals surface area contributed by atoms with Crippen LogP contribution < -0.4 is 10.1 Å². The van der Waals surface area contributed by atoms with Gasteiger partial charge in [0.1, 0.15) is 0 Å². The first-order valence-electron chi connectivity index (χ1n) is 6.46. The van der Waals surface area contributed by atoms with E-state index in [1.807, 2.05) is 32.2 Å². The van der Waals surface area contributed by atoms with Crippen LogP contribution in [0.15, 0.2) is 30.6 Å². The molecular weight excluding hydrogens is 238 g/mol. The van der Waals surface area contributed by atoms with Crippen LogP contribution in [-0.4, -0.2) is 16.5 Å². The zero-order chi connectivity index (χ0) is 13.7. The average molecular weight is 257 g/mol. The van der Waals surface area contributed by atoms with Crippen LogP contribution in [0.1, 0.15) is 23.7 Å². The van der Waals surface area contributed by atoms with E-state index in [0.717, 1.165) is 35.7 Å². The first kappa shape index (κ1) is 13.5. The molecule has 0 unspecified atom stereocenters. The molecule has 0 bridgehead atoms. The van der Waals surface area contributed by atoms with Crippen molar-refractivity contribution < 1.29 is 4.74 Å². The minimum atomic E-state index is 0.636. The lowest BCUT2D eigenvalue weighted by Gasteiger charge is -2.10. The van der Waals surface area contributed by atoms with E-state index in [9.17, 15) is 0 Å². The number of hydrogen-bond donors (Lipinski definition) is 1. The van der Waals surface area contributed by atoms with Gasteiger partial charge in [0.15, 0.2) is 5.75 Å². The quantitative estimate of drug-likeness (QED) is 0.894. The molecule has 2 aromatic heterocycles. The van der Waals surface area contributed by atoms with Gasteiger partial charge in [-0.1, -0.05) is 6.92 Å². The number of pyridine rings is 2. The largest absolute Gasteiger partial charge is 0.437 e. The van der Waals surface area contributed by atoms with Crippen molar-refractivity contribution in [1.82, 2.24) is 15.3 Å². The molecule has 0 spiro atoms. The fourth-order valence-electron chi connectivity index (χ4n) is 1.77. The second-order valence-electron chi connectivity index (χ2n) is 4.43. The first-order valence-corrected chi connectivity index (χ1v) is 6.46. The summed E-state index contributed by atoms with van der Waals surface area (Å²) in [6.45, 7) is 7.79. The van der Waals surface area contributed by atoms with Crippen LogP contribution in [0, 0.1) is 13.8 Å². The van der Waals surface area contributed by atoms with Crippen molar-refractivity contribution in [3.8, 4) is 11.6 Å². The molecule has 0 atom stereocenters. The lowest BCUT2D eigenvalue weighted by Crippen LogP contribution is -2.12. The van der Waals surface area contributed by atoms with Crippen LogP contribution in [0.3, 0.4) is 0 Å². The smallest absolute Gasteiger partial charge is 0.222 e. The van der Waals surface area contributed by atoms with Gasteiger partial charge in [-0.05, 0) is 44.2 Å². The van der Waals surface area contributed by atoms with Gasteiger partial charge < -0.3 is 10.1 Å². The van der Waals surface area contributed by atoms with E-state index in [2.05, 4.69) is 28.3 Å². The Morgan fingerprint density at radius 3 is 2.79 bits per heavy atom. The fourth-order valence-corrected chi connectivity index (χ4v) is 1.77. The molecule has 0 aliphatic heterocycles. The number of nitrogens with one attached hydrogen (secondary N) is 1. The summed E-state index contributed by atoms with van der Waals surface area (Å²) in [4.78, 5) is 8.58. The summed E-state index contributed by atoms with van der Waals surface area (Å²) in [6, 6.07) is 5.85. The highest BCUT2D eigenvalue weighted by atomic mass is 16.5. The van der Waals surface area contributed by atoms with E-state index in [-0.39, 0.29) is 0 Å². The van der Waals surface area contributed by atoms with Gasteiger partial charge in [0.25, 0.3) is 0 Å². The molecule has 4 heteroatoms. The van der Waals surface area contributed by atoms with Crippen molar-refractivity contribution >= 4 is 0 Å². The van der Waals surface area contributed by atoms with Gasteiger partial charge in [0, 0.05) is 24.5 Å². The zero-order valence-corrected chi connectivity index (χ0v) is 11.6. The topological polar surface area (TPSA) is 47.0 Å². The molecule has 100 valence electrons. The standard InChI is InChI=1S/C15H19N3O/c1-4-16-9-13-8-11(2)15(18-10-13)19-14-6-5-7-17-12(14)3/h5-8,10,16H,4,9H2,1-3H3. The van der Waals surface area contributed by atoms with Gasteiger partial charge in [0.05, 0.1) is 5.69 Å². The van der Waals surface area contributed by atoms with E-state index in [1.54, 1.807) is 6.20 Å². The molecule has 0 aliphatic rings. The number of aromatic nitrogens is 2. The molecule has 19 heavy (non-hydrogen) atoms. The van der Waals surface area contributed by atoms with Crippen LogP contribution in [0.4, 0.5) is 0 Å². The Labute approximate surface area is 113 Å². The highest BCUT2D eigenvalue weighted by Crippen LogP contribution is 2.24. The minimum absolute atomic E-state index is 0.636. The van der Waals surface area contributed by atoms with Crippen molar-refractivity contribution in [3.05, 3.63) is 47.4 Å². The molecule has 0 aromatic carbocycles. The molecule has 2 aromatic rings. The van der Waals surface area contributed by atoms with E-state index in [0.29, 0.717) is 5.88 Å². The van der Waals surface area contributed by atoms with Crippen LogP contribution in [0.5, 0.6) is 11.6 Å². The number of aryl methyl sites for hydroxylation is 2. The lowest BCUT2D eigenvalue weighted by molar-refractivity contribution is 0.452. The van der Waals surface area contributed by atoms with E-state index in [4.69, 9.17) is 4.74 Å². The van der Waals surface area contributed by atoms with Crippen molar-refractivity contribution in [2.75, 3.05) is 6.54 Å². The Morgan fingerprint density at radius 2 is 2.11 bits per heavy atom. The third-order valence-electron chi connectivity index (χ3n) is 2.83. The summed E-state index contributed by atoms with van der Waals surface area (Å²) < 4.78 is 5.81. The molecule has 0 saturated heterocycles. The summed E-state index contributed by atoms with van der Waals surface area (Å²) in [7, 11) is 0. The highest BCUT2D eigenvalue weighted by molar-refractivity contribution is 5.35. The molecule has 0 amide bonds. The SMILES string of the molecule is CCNCc1cnc(Oc2cccnc2C)c(C)c1. The maximum absolute atomic E-state index is 5.81. The van der Waals surface area contributed by atoms with Crippen LogP contribution >= 0.6 is 0 Å². The lowest BCUT2D eigenvalue weighted by atomic mass is 10.2. The number of rotatable bonds is 5. The Balaban J connectivity index is 2.15. The number of nitrogens with zero attached hydrogens (tertiary/aromatic N) is 2. The minimum Gasteiger partial charge on any atom is -0.437 e. The highest BCUT2D eigenvalue weighted by Gasteiger charge is 2.06.